The molecule has 0 bridgehead atoms. The van der Waals surface area contributed by atoms with Gasteiger partial charge >= 0.3 is 0 Å². The molecule has 1 saturated heterocycles. The van der Waals surface area contributed by atoms with Gasteiger partial charge in [0.25, 0.3) is 0 Å². The molecule has 2 aromatic rings. The molecular weight excluding hydrogens is 358 g/mol. The Bertz CT molecular complexity index is 835. The van der Waals surface area contributed by atoms with Gasteiger partial charge in [-0.25, -0.2) is 18.1 Å². The summed E-state index contributed by atoms with van der Waals surface area (Å²) >= 11 is 0. The molecule has 1 N–H and O–H groups in total. The molecule has 0 atom stereocenters. The Kier molecular flexibility index (Phi) is 5.86. The summed E-state index contributed by atoms with van der Waals surface area (Å²) < 4.78 is 28.0. The van der Waals surface area contributed by atoms with Crippen molar-refractivity contribution in [3.8, 4) is 0 Å². The van der Waals surface area contributed by atoms with Crippen LogP contribution in [0.25, 0.3) is 0 Å². The van der Waals surface area contributed by atoms with Crippen molar-refractivity contribution in [3.05, 3.63) is 54.2 Å². The first-order chi connectivity index (χ1) is 12.8. The van der Waals surface area contributed by atoms with Crippen LogP contribution >= 0.6 is 0 Å². The van der Waals surface area contributed by atoms with Gasteiger partial charge in [0, 0.05) is 25.8 Å². The van der Waals surface area contributed by atoms with Crippen molar-refractivity contribution in [3.63, 3.8) is 0 Å². The summed E-state index contributed by atoms with van der Waals surface area (Å²) in [5.41, 5.74) is 1.14. The van der Waals surface area contributed by atoms with Gasteiger partial charge in [0.2, 0.25) is 10.0 Å². The lowest BCUT2D eigenvalue weighted by molar-refractivity contribution is 0.400. The average Bonchev–Trinajstić information content (AvgIpc) is 2.67. The molecule has 2 heterocycles. The average molecular weight is 388 g/mol. The maximum Gasteiger partial charge on any atom is 0.240 e. The van der Waals surface area contributed by atoms with Crippen molar-refractivity contribution < 1.29 is 8.42 Å². The Morgan fingerprint density at radius 3 is 2.30 bits per heavy atom. The van der Waals surface area contributed by atoms with E-state index in [1.165, 1.54) is 0 Å². The number of benzene rings is 1. The third-order valence-corrected chi connectivity index (χ3v) is 6.62. The third kappa shape index (κ3) is 5.08. The molecule has 0 unspecified atom stereocenters. The summed E-state index contributed by atoms with van der Waals surface area (Å²) in [7, 11) is -3.46. The van der Waals surface area contributed by atoms with Gasteiger partial charge in [-0.05, 0) is 54.0 Å². The maximum atomic E-state index is 12.6. The zero-order chi connectivity index (χ0) is 19.5. The quantitative estimate of drug-likeness (QED) is 0.852. The second kappa shape index (κ2) is 7.98. The SMILES string of the molecule is CC(C)(C)c1ccc(S(=O)(=O)NCC2CCN(c3ccccn3)CC2)cc1. The van der Waals surface area contributed by atoms with Crippen molar-refractivity contribution in [2.75, 3.05) is 24.5 Å². The highest BCUT2D eigenvalue weighted by Gasteiger charge is 2.23. The number of rotatable bonds is 5. The summed E-state index contributed by atoms with van der Waals surface area (Å²) in [5.74, 6) is 1.35. The van der Waals surface area contributed by atoms with E-state index in [1.54, 1.807) is 18.3 Å². The molecule has 0 aliphatic carbocycles. The monoisotopic (exact) mass is 387 g/mol. The van der Waals surface area contributed by atoms with E-state index >= 15 is 0 Å². The predicted molar refractivity (Wildman–Crippen MR) is 110 cm³/mol. The van der Waals surface area contributed by atoms with Crippen LogP contribution in [0, 0.1) is 5.92 Å². The van der Waals surface area contributed by atoms with Crippen LogP contribution in [0.4, 0.5) is 5.82 Å². The minimum absolute atomic E-state index is 0.0112. The van der Waals surface area contributed by atoms with Crippen molar-refractivity contribution >= 4 is 15.8 Å². The lowest BCUT2D eigenvalue weighted by Crippen LogP contribution is -2.39. The van der Waals surface area contributed by atoms with Crippen LogP contribution in [0.5, 0.6) is 0 Å². The Morgan fingerprint density at radius 1 is 1.07 bits per heavy atom. The summed E-state index contributed by atoms with van der Waals surface area (Å²) in [5, 5.41) is 0. The molecule has 0 amide bonds. The van der Waals surface area contributed by atoms with Gasteiger partial charge in [0.15, 0.2) is 0 Å². The number of hydrogen-bond acceptors (Lipinski definition) is 4. The first-order valence-electron chi connectivity index (χ1n) is 9.52. The summed E-state index contributed by atoms with van der Waals surface area (Å²) in [6.45, 7) is 8.65. The molecule has 146 valence electrons. The maximum absolute atomic E-state index is 12.6. The minimum Gasteiger partial charge on any atom is -0.357 e. The molecule has 27 heavy (non-hydrogen) atoms. The van der Waals surface area contributed by atoms with Crippen LogP contribution < -0.4 is 9.62 Å². The fourth-order valence-corrected chi connectivity index (χ4v) is 4.47. The topological polar surface area (TPSA) is 62.3 Å². The van der Waals surface area contributed by atoms with Crippen molar-refractivity contribution in [2.24, 2.45) is 5.92 Å². The van der Waals surface area contributed by atoms with E-state index in [1.807, 2.05) is 30.3 Å². The molecule has 1 fully saturated rings. The Morgan fingerprint density at radius 2 is 1.74 bits per heavy atom. The first-order valence-corrected chi connectivity index (χ1v) is 11.0. The number of anilines is 1. The molecule has 1 aromatic heterocycles. The fraction of sp³-hybridized carbons (Fsp3) is 0.476. The highest BCUT2D eigenvalue weighted by molar-refractivity contribution is 7.89. The predicted octanol–water partition coefficient (Wildman–Crippen LogP) is 3.57. The number of sulfonamides is 1. The van der Waals surface area contributed by atoms with E-state index in [0.717, 1.165) is 37.3 Å². The van der Waals surface area contributed by atoms with E-state index in [9.17, 15) is 8.42 Å². The normalized spacial score (nSPS) is 16.5. The fourth-order valence-electron chi connectivity index (χ4n) is 3.35. The summed E-state index contributed by atoms with van der Waals surface area (Å²) in [6, 6.07) is 13.1. The largest absolute Gasteiger partial charge is 0.357 e. The van der Waals surface area contributed by atoms with Crippen molar-refractivity contribution in [2.45, 2.75) is 43.9 Å². The lowest BCUT2D eigenvalue weighted by Gasteiger charge is -2.32. The lowest BCUT2D eigenvalue weighted by atomic mass is 9.87. The molecular formula is C21H29N3O2S. The van der Waals surface area contributed by atoms with Crippen LogP contribution in [-0.2, 0) is 15.4 Å². The van der Waals surface area contributed by atoms with Gasteiger partial charge in [-0.1, -0.05) is 39.0 Å². The number of hydrogen-bond donors (Lipinski definition) is 1. The Labute approximate surface area is 162 Å². The van der Waals surface area contributed by atoms with Crippen molar-refractivity contribution in [1.29, 1.82) is 0 Å². The third-order valence-electron chi connectivity index (χ3n) is 5.18. The van der Waals surface area contributed by atoms with E-state index in [4.69, 9.17) is 0 Å². The minimum atomic E-state index is -3.46. The van der Waals surface area contributed by atoms with Gasteiger partial charge in [-0.15, -0.1) is 0 Å². The van der Waals surface area contributed by atoms with Gasteiger partial charge < -0.3 is 4.90 Å². The first kappa shape index (κ1) is 19.8. The molecule has 1 aliphatic rings. The molecule has 1 aromatic carbocycles. The standard InChI is InChI=1S/C21H29N3O2S/c1-21(2,3)18-7-9-19(10-8-18)27(25,26)23-16-17-11-14-24(15-12-17)20-6-4-5-13-22-20/h4-10,13,17,23H,11-12,14-16H2,1-3H3. The smallest absolute Gasteiger partial charge is 0.240 e. The van der Waals surface area contributed by atoms with Gasteiger partial charge in [0.05, 0.1) is 4.90 Å². The summed E-state index contributed by atoms with van der Waals surface area (Å²) in [6.07, 6.45) is 3.73. The molecule has 5 nitrogen and oxygen atoms in total. The zero-order valence-electron chi connectivity index (χ0n) is 16.4. The number of piperidine rings is 1. The number of pyridine rings is 1. The van der Waals surface area contributed by atoms with E-state index < -0.39 is 10.0 Å². The molecule has 0 radical (unpaired) electrons. The van der Waals surface area contributed by atoms with Crippen LogP contribution in [0.2, 0.25) is 0 Å². The summed E-state index contributed by atoms with van der Waals surface area (Å²) in [4.78, 5) is 6.99. The number of nitrogens with zero attached hydrogens (tertiary/aromatic N) is 2. The highest BCUT2D eigenvalue weighted by Crippen LogP contribution is 2.24. The highest BCUT2D eigenvalue weighted by atomic mass is 32.2. The van der Waals surface area contributed by atoms with Gasteiger partial charge in [-0.2, -0.15) is 0 Å². The molecule has 3 rings (SSSR count). The number of aromatic nitrogens is 1. The molecule has 1 aliphatic heterocycles. The van der Waals surface area contributed by atoms with E-state index in [0.29, 0.717) is 17.4 Å². The van der Waals surface area contributed by atoms with Crippen LogP contribution in [0.15, 0.2) is 53.6 Å². The van der Waals surface area contributed by atoms with Crippen LogP contribution in [0.3, 0.4) is 0 Å². The van der Waals surface area contributed by atoms with Gasteiger partial charge in [0.1, 0.15) is 5.82 Å². The van der Waals surface area contributed by atoms with Crippen LogP contribution in [0.1, 0.15) is 39.2 Å². The Balaban J connectivity index is 1.54. The van der Waals surface area contributed by atoms with Crippen LogP contribution in [-0.4, -0.2) is 33.0 Å². The van der Waals surface area contributed by atoms with Gasteiger partial charge in [-0.3, -0.25) is 0 Å². The van der Waals surface area contributed by atoms with E-state index in [2.05, 4.69) is 35.4 Å². The molecule has 6 heteroatoms. The zero-order valence-corrected chi connectivity index (χ0v) is 17.2. The Hall–Kier alpha value is -1.92. The second-order valence-electron chi connectivity index (χ2n) is 8.24. The molecule has 0 saturated carbocycles. The van der Waals surface area contributed by atoms with E-state index in [-0.39, 0.29) is 5.41 Å². The second-order valence-corrected chi connectivity index (χ2v) is 10.0. The molecule has 0 spiro atoms. The van der Waals surface area contributed by atoms with Crippen molar-refractivity contribution in [1.82, 2.24) is 9.71 Å². The number of nitrogens with one attached hydrogen (secondary N) is 1.